The van der Waals surface area contributed by atoms with Gasteiger partial charge in [0.15, 0.2) is 6.79 Å². The Morgan fingerprint density at radius 1 is 1.29 bits per heavy atom. The highest BCUT2D eigenvalue weighted by molar-refractivity contribution is 5.83. The quantitative estimate of drug-likeness (QED) is 0.928. The topological polar surface area (TPSA) is 65.0 Å². The van der Waals surface area contributed by atoms with Crippen LogP contribution < -0.4 is 9.47 Å². The Hall–Kier alpha value is -1.75. The molecule has 3 rings (SSSR count). The third-order valence-corrected chi connectivity index (χ3v) is 4.57. The van der Waals surface area contributed by atoms with Crippen LogP contribution in [0.25, 0.3) is 0 Å². The first-order chi connectivity index (χ1) is 10.2. The number of rotatable bonds is 3. The molecule has 1 fully saturated rings. The summed E-state index contributed by atoms with van der Waals surface area (Å²) >= 11 is 0. The van der Waals surface area contributed by atoms with Crippen molar-refractivity contribution in [1.82, 2.24) is 0 Å². The van der Waals surface area contributed by atoms with Gasteiger partial charge in [-0.3, -0.25) is 4.79 Å². The van der Waals surface area contributed by atoms with Gasteiger partial charge in [0.1, 0.15) is 11.5 Å². The number of hydrogen-bond acceptors (Lipinski definition) is 4. The Bertz CT molecular complexity index is 546. The molecule has 1 N–H and O–H groups in total. The molecular formula is C16H20O5. The van der Waals surface area contributed by atoms with Gasteiger partial charge in [0.05, 0.1) is 19.1 Å². The van der Waals surface area contributed by atoms with E-state index in [-0.39, 0.29) is 6.79 Å². The smallest absolute Gasteiger partial charge is 0.314 e. The number of methoxy groups -OCH3 is 1. The van der Waals surface area contributed by atoms with Crippen LogP contribution in [0.4, 0.5) is 0 Å². The van der Waals surface area contributed by atoms with Gasteiger partial charge in [0.2, 0.25) is 0 Å². The van der Waals surface area contributed by atoms with Gasteiger partial charge in [0.25, 0.3) is 0 Å². The molecule has 2 aliphatic rings. The van der Waals surface area contributed by atoms with Crippen LogP contribution in [0.5, 0.6) is 11.5 Å². The zero-order valence-electron chi connectivity index (χ0n) is 12.2. The van der Waals surface area contributed by atoms with Crippen molar-refractivity contribution in [3.8, 4) is 11.5 Å². The lowest BCUT2D eigenvalue weighted by Gasteiger charge is -2.35. The van der Waals surface area contributed by atoms with E-state index >= 15 is 0 Å². The Morgan fingerprint density at radius 3 is 2.71 bits per heavy atom. The van der Waals surface area contributed by atoms with Crippen LogP contribution >= 0.6 is 0 Å². The maximum atomic E-state index is 12.0. The monoisotopic (exact) mass is 292 g/mol. The zero-order valence-corrected chi connectivity index (χ0v) is 12.2. The minimum atomic E-state index is -0.861. The van der Waals surface area contributed by atoms with E-state index < -0.39 is 11.4 Å². The molecule has 0 atom stereocenters. The first-order valence-corrected chi connectivity index (χ1v) is 7.33. The summed E-state index contributed by atoms with van der Waals surface area (Å²) in [6, 6.07) is 3.69. The molecule has 114 valence electrons. The molecule has 1 aliphatic heterocycles. The fourth-order valence-electron chi connectivity index (χ4n) is 3.40. The van der Waals surface area contributed by atoms with Gasteiger partial charge in [-0.1, -0.05) is 19.3 Å². The molecule has 5 nitrogen and oxygen atoms in total. The number of hydrogen-bond donors (Lipinski definition) is 1. The van der Waals surface area contributed by atoms with Crippen LogP contribution in [0.3, 0.4) is 0 Å². The molecule has 0 bridgehead atoms. The Morgan fingerprint density at radius 2 is 2.05 bits per heavy atom. The van der Waals surface area contributed by atoms with E-state index in [9.17, 15) is 9.90 Å². The van der Waals surface area contributed by atoms with Crippen molar-refractivity contribution in [3.63, 3.8) is 0 Å². The van der Waals surface area contributed by atoms with Gasteiger partial charge >= 0.3 is 5.97 Å². The molecular weight excluding hydrogens is 272 g/mol. The van der Waals surface area contributed by atoms with Gasteiger partial charge in [0, 0.05) is 11.1 Å². The molecule has 1 aromatic carbocycles. The summed E-state index contributed by atoms with van der Waals surface area (Å²) in [6.07, 6.45) is 4.24. The minimum Gasteiger partial charge on any atom is -0.496 e. The molecule has 21 heavy (non-hydrogen) atoms. The number of carboxylic acid groups (broad SMARTS) is 1. The van der Waals surface area contributed by atoms with Gasteiger partial charge < -0.3 is 19.3 Å². The summed E-state index contributed by atoms with van der Waals surface area (Å²) in [4.78, 5) is 12.0. The molecule has 0 spiro atoms. The van der Waals surface area contributed by atoms with E-state index in [1.165, 1.54) is 0 Å². The number of fused-ring (bicyclic) bond motifs is 1. The lowest BCUT2D eigenvalue weighted by atomic mass is 9.69. The molecule has 0 saturated heterocycles. The standard InChI is InChI=1S/C16H20O5/c1-19-14-7-11-9-20-10-21-13(11)8-12(14)16(15(17)18)5-3-2-4-6-16/h7-8H,2-6,9-10H2,1H3,(H,17,18). The second kappa shape index (κ2) is 5.56. The average Bonchev–Trinajstić information content (AvgIpc) is 2.54. The van der Waals surface area contributed by atoms with Crippen LogP contribution in [0, 0.1) is 0 Å². The number of benzene rings is 1. The van der Waals surface area contributed by atoms with Crippen LogP contribution in [0.1, 0.15) is 43.2 Å². The molecule has 5 heteroatoms. The highest BCUT2D eigenvalue weighted by Crippen LogP contribution is 2.46. The summed E-state index contributed by atoms with van der Waals surface area (Å²) in [5.41, 5.74) is 0.774. The van der Waals surface area contributed by atoms with Crippen molar-refractivity contribution >= 4 is 5.97 Å². The van der Waals surface area contributed by atoms with Crippen molar-refractivity contribution in [1.29, 1.82) is 0 Å². The molecule has 0 aromatic heterocycles. The summed E-state index contributed by atoms with van der Waals surface area (Å²) in [5.74, 6) is 0.558. The van der Waals surface area contributed by atoms with Gasteiger partial charge in [-0.15, -0.1) is 0 Å². The largest absolute Gasteiger partial charge is 0.496 e. The second-order valence-electron chi connectivity index (χ2n) is 5.72. The van der Waals surface area contributed by atoms with Crippen molar-refractivity contribution in [3.05, 3.63) is 23.3 Å². The highest BCUT2D eigenvalue weighted by atomic mass is 16.7. The van der Waals surface area contributed by atoms with E-state index in [2.05, 4.69) is 0 Å². The normalized spacial score (nSPS) is 20.2. The van der Waals surface area contributed by atoms with Crippen LogP contribution in [0.15, 0.2) is 12.1 Å². The first-order valence-electron chi connectivity index (χ1n) is 7.33. The predicted molar refractivity (Wildman–Crippen MR) is 75.7 cm³/mol. The lowest BCUT2D eigenvalue weighted by molar-refractivity contribution is -0.145. The van der Waals surface area contributed by atoms with Gasteiger partial charge in [-0.25, -0.2) is 0 Å². The van der Waals surface area contributed by atoms with Crippen LogP contribution in [-0.2, 0) is 21.6 Å². The van der Waals surface area contributed by atoms with Crippen molar-refractivity contribution in [2.75, 3.05) is 13.9 Å². The summed E-state index contributed by atoms with van der Waals surface area (Å²) < 4.78 is 16.2. The lowest BCUT2D eigenvalue weighted by Crippen LogP contribution is -2.38. The maximum absolute atomic E-state index is 12.0. The van der Waals surface area contributed by atoms with Gasteiger partial charge in [-0.2, -0.15) is 0 Å². The predicted octanol–water partition coefficient (Wildman–Crippen LogP) is 2.85. The van der Waals surface area contributed by atoms with E-state index in [1.54, 1.807) is 7.11 Å². The molecule has 1 aromatic rings. The van der Waals surface area contributed by atoms with Crippen LogP contribution in [-0.4, -0.2) is 25.0 Å². The maximum Gasteiger partial charge on any atom is 0.314 e. The summed E-state index contributed by atoms with van der Waals surface area (Å²) in [5, 5.41) is 9.85. The second-order valence-corrected chi connectivity index (χ2v) is 5.72. The number of carboxylic acids is 1. The number of ether oxygens (including phenoxy) is 3. The third-order valence-electron chi connectivity index (χ3n) is 4.57. The Kier molecular flexibility index (Phi) is 3.76. The molecule has 0 amide bonds. The van der Waals surface area contributed by atoms with E-state index in [0.29, 0.717) is 30.9 Å². The Balaban J connectivity index is 2.12. The van der Waals surface area contributed by atoms with E-state index in [1.807, 2.05) is 12.1 Å². The minimum absolute atomic E-state index is 0.207. The number of aliphatic carboxylic acids is 1. The summed E-state index contributed by atoms with van der Waals surface area (Å²) in [7, 11) is 1.58. The third kappa shape index (κ3) is 2.35. The van der Waals surface area contributed by atoms with E-state index in [4.69, 9.17) is 14.2 Å². The zero-order chi connectivity index (χ0) is 14.9. The molecule has 1 aliphatic carbocycles. The SMILES string of the molecule is COc1cc2c(cc1C1(C(=O)O)CCCCC1)OCOC2. The number of carbonyl (C=O) groups is 1. The fourth-order valence-corrected chi connectivity index (χ4v) is 3.40. The Labute approximate surface area is 123 Å². The van der Waals surface area contributed by atoms with E-state index in [0.717, 1.165) is 30.4 Å². The summed E-state index contributed by atoms with van der Waals surface area (Å²) in [6.45, 7) is 0.672. The highest BCUT2D eigenvalue weighted by Gasteiger charge is 2.44. The fraction of sp³-hybridized carbons (Fsp3) is 0.562. The van der Waals surface area contributed by atoms with Gasteiger partial charge in [-0.05, 0) is 25.0 Å². The van der Waals surface area contributed by atoms with Crippen molar-refractivity contribution < 1.29 is 24.1 Å². The molecule has 0 unspecified atom stereocenters. The van der Waals surface area contributed by atoms with Crippen molar-refractivity contribution in [2.24, 2.45) is 0 Å². The average molecular weight is 292 g/mol. The molecule has 1 heterocycles. The van der Waals surface area contributed by atoms with Crippen LogP contribution in [0.2, 0.25) is 0 Å². The molecule has 1 saturated carbocycles. The molecule has 0 radical (unpaired) electrons. The first kappa shape index (κ1) is 14.2. The van der Waals surface area contributed by atoms with Crippen molar-refractivity contribution in [2.45, 2.75) is 44.1 Å².